The van der Waals surface area contributed by atoms with Crippen molar-refractivity contribution in [2.45, 2.75) is 45.1 Å². The lowest BCUT2D eigenvalue weighted by Gasteiger charge is -2.36. The van der Waals surface area contributed by atoms with Gasteiger partial charge in [0.05, 0.1) is 0 Å². The van der Waals surface area contributed by atoms with Crippen molar-refractivity contribution in [1.29, 1.82) is 0 Å². The van der Waals surface area contributed by atoms with Crippen molar-refractivity contribution >= 4 is 0 Å². The number of hydrogen-bond donors (Lipinski definition) is 1. The predicted molar refractivity (Wildman–Crippen MR) is 65.3 cm³/mol. The second kappa shape index (κ2) is 4.80. The molecule has 0 atom stereocenters. The van der Waals surface area contributed by atoms with E-state index in [9.17, 15) is 0 Å². The summed E-state index contributed by atoms with van der Waals surface area (Å²) in [5.41, 5.74) is 2.97. The third-order valence-electron chi connectivity index (χ3n) is 3.49. The van der Waals surface area contributed by atoms with E-state index >= 15 is 0 Å². The van der Waals surface area contributed by atoms with Gasteiger partial charge in [0.2, 0.25) is 0 Å². The van der Waals surface area contributed by atoms with Crippen LogP contribution in [0.15, 0.2) is 24.3 Å². The highest BCUT2D eigenvalue weighted by molar-refractivity contribution is 5.27. The molecule has 1 aromatic rings. The van der Waals surface area contributed by atoms with Gasteiger partial charge in [0, 0.05) is 6.04 Å². The van der Waals surface area contributed by atoms with Crippen molar-refractivity contribution in [3.05, 3.63) is 35.4 Å². The lowest BCUT2D eigenvalue weighted by Crippen LogP contribution is -2.39. The van der Waals surface area contributed by atoms with Gasteiger partial charge in [-0.2, -0.15) is 0 Å². The zero-order valence-electron chi connectivity index (χ0n) is 9.79. The Bertz CT molecular complexity index is 296. The summed E-state index contributed by atoms with van der Waals surface area (Å²) in [6.45, 7) is 5.50. The van der Waals surface area contributed by atoms with E-state index in [1.807, 2.05) is 0 Å². The van der Waals surface area contributed by atoms with Crippen LogP contribution in [0.25, 0.3) is 0 Å². The number of nitrogens with one attached hydrogen (secondary N) is 1. The van der Waals surface area contributed by atoms with E-state index in [1.165, 1.54) is 24.0 Å². The summed E-state index contributed by atoms with van der Waals surface area (Å²) < 4.78 is 0. The lowest BCUT2D eigenvalue weighted by molar-refractivity contribution is 0.296. The van der Waals surface area contributed by atoms with Crippen LogP contribution in [0.2, 0.25) is 0 Å². The van der Waals surface area contributed by atoms with Gasteiger partial charge in [-0.3, -0.25) is 0 Å². The molecule has 1 fully saturated rings. The first-order valence-electron chi connectivity index (χ1n) is 6.15. The Morgan fingerprint density at radius 1 is 1.13 bits per heavy atom. The molecule has 0 aliphatic heterocycles. The van der Waals surface area contributed by atoms with Gasteiger partial charge in [0.25, 0.3) is 0 Å². The molecule has 0 spiro atoms. The normalized spacial score (nSPS) is 24.9. The molecule has 0 aromatic heterocycles. The molecule has 1 aliphatic carbocycles. The average Bonchev–Trinajstić information content (AvgIpc) is 2.23. The highest BCUT2D eigenvalue weighted by atomic mass is 14.9. The van der Waals surface area contributed by atoms with Crippen molar-refractivity contribution in [1.82, 2.24) is 5.32 Å². The monoisotopic (exact) mass is 203 g/mol. The highest BCUT2D eigenvalue weighted by Crippen LogP contribution is 2.36. The van der Waals surface area contributed by atoms with Gasteiger partial charge < -0.3 is 5.32 Å². The topological polar surface area (TPSA) is 12.0 Å². The standard InChI is InChI=1S/C14H21N/c1-3-11-5-7-12(8-6-11)13-9-14(10-13)15-4-2/h5-8,13-15H,3-4,9-10H2,1-2H3. The molecule has 1 heteroatoms. The summed E-state index contributed by atoms with van der Waals surface area (Å²) in [7, 11) is 0. The van der Waals surface area contributed by atoms with Gasteiger partial charge in [0.1, 0.15) is 0 Å². The third-order valence-corrected chi connectivity index (χ3v) is 3.49. The largest absolute Gasteiger partial charge is 0.314 e. The van der Waals surface area contributed by atoms with Crippen LogP contribution < -0.4 is 5.32 Å². The van der Waals surface area contributed by atoms with Crippen LogP contribution in [0.4, 0.5) is 0 Å². The molecule has 0 unspecified atom stereocenters. The molecule has 1 aromatic carbocycles. The fraction of sp³-hybridized carbons (Fsp3) is 0.571. The number of aryl methyl sites for hydroxylation is 1. The first-order chi connectivity index (χ1) is 7.33. The number of hydrogen-bond acceptors (Lipinski definition) is 1. The number of rotatable bonds is 4. The quantitative estimate of drug-likeness (QED) is 0.793. The summed E-state index contributed by atoms with van der Waals surface area (Å²) in [6, 6.07) is 9.94. The molecule has 15 heavy (non-hydrogen) atoms. The van der Waals surface area contributed by atoms with E-state index in [1.54, 1.807) is 0 Å². The average molecular weight is 203 g/mol. The van der Waals surface area contributed by atoms with Crippen LogP contribution in [0, 0.1) is 0 Å². The van der Waals surface area contributed by atoms with Gasteiger partial charge in [0.15, 0.2) is 0 Å². The minimum Gasteiger partial charge on any atom is -0.314 e. The maximum Gasteiger partial charge on any atom is 0.00786 e. The fourth-order valence-corrected chi connectivity index (χ4v) is 2.37. The van der Waals surface area contributed by atoms with Crippen molar-refractivity contribution in [2.75, 3.05) is 6.54 Å². The van der Waals surface area contributed by atoms with Gasteiger partial charge >= 0.3 is 0 Å². The molecule has 0 heterocycles. The number of benzene rings is 1. The Morgan fingerprint density at radius 3 is 2.33 bits per heavy atom. The minimum absolute atomic E-state index is 0.769. The zero-order chi connectivity index (χ0) is 10.7. The SMILES string of the molecule is CCNC1CC(c2ccc(CC)cc2)C1. The molecule has 2 rings (SSSR count). The smallest absolute Gasteiger partial charge is 0.00786 e. The van der Waals surface area contributed by atoms with E-state index in [0.717, 1.165) is 24.9 Å². The van der Waals surface area contributed by atoms with Gasteiger partial charge in [-0.25, -0.2) is 0 Å². The maximum atomic E-state index is 3.50. The van der Waals surface area contributed by atoms with Crippen LogP contribution in [0.1, 0.15) is 43.7 Å². The third kappa shape index (κ3) is 2.40. The fourth-order valence-electron chi connectivity index (χ4n) is 2.37. The van der Waals surface area contributed by atoms with Crippen molar-refractivity contribution < 1.29 is 0 Å². The van der Waals surface area contributed by atoms with Crippen molar-refractivity contribution in [2.24, 2.45) is 0 Å². The molecule has 1 N–H and O–H groups in total. The van der Waals surface area contributed by atoms with E-state index in [4.69, 9.17) is 0 Å². The molecule has 1 nitrogen and oxygen atoms in total. The van der Waals surface area contributed by atoms with E-state index in [0.29, 0.717) is 0 Å². The summed E-state index contributed by atoms with van der Waals surface area (Å²) in [4.78, 5) is 0. The Hall–Kier alpha value is -0.820. The minimum atomic E-state index is 0.769. The van der Waals surface area contributed by atoms with Crippen LogP contribution in [-0.2, 0) is 6.42 Å². The Morgan fingerprint density at radius 2 is 1.80 bits per heavy atom. The lowest BCUT2D eigenvalue weighted by atomic mass is 9.76. The molecule has 0 radical (unpaired) electrons. The second-order valence-electron chi connectivity index (χ2n) is 4.52. The van der Waals surface area contributed by atoms with Crippen LogP contribution in [0.5, 0.6) is 0 Å². The summed E-state index contributed by atoms with van der Waals surface area (Å²) in [5, 5.41) is 3.50. The Kier molecular flexibility index (Phi) is 3.42. The zero-order valence-corrected chi connectivity index (χ0v) is 9.79. The van der Waals surface area contributed by atoms with E-state index < -0.39 is 0 Å². The van der Waals surface area contributed by atoms with Crippen molar-refractivity contribution in [3.63, 3.8) is 0 Å². The van der Waals surface area contributed by atoms with E-state index in [2.05, 4.69) is 43.4 Å². The Balaban J connectivity index is 1.89. The van der Waals surface area contributed by atoms with Gasteiger partial charge in [-0.15, -0.1) is 0 Å². The molecule has 0 amide bonds. The first kappa shape index (κ1) is 10.7. The maximum absolute atomic E-state index is 3.50. The highest BCUT2D eigenvalue weighted by Gasteiger charge is 2.29. The van der Waals surface area contributed by atoms with Crippen LogP contribution in [-0.4, -0.2) is 12.6 Å². The predicted octanol–water partition coefficient (Wildman–Crippen LogP) is 3.10. The van der Waals surface area contributed by atoms with Gasteiger partial charge in [-0.1, -0.05) is 38.1 Å². The summed E-state index contributed by atoms with van der Waals surface area (Å²) in [6.07, 6.45) is 3.78. The molecule has 1 aliphatic rings. The summed E-state index contributed by atoms with van der Waals surface area (Å²) >= 11 is 0. The molecule has 0 saturated heterocycles. The molecule has 82 valence electrons. The van der Waals surface area contributed by atoms with Crippen molar-refractivity contribution in [3.8, 4) is 0 Å². The van der Waals surface area contributed by atoms with E-state index in [-0.39, 0.29) is 0 Å². The van der Waals surface area contributed by atoms with Gasteiger partial charge in [-0.05, 0) is 42.9 Å². The molecule has 1 saturated carbocycles. The second-order valence-corrected chi connectivity index (χ2v) is 4.52. The van der Waals surface area contributed by atoms with Crippen LogP contribution in [0.3, 0.4) is 0 Å². The first-order valence-corrected chi connectivity index (χ1v) is 6.15. The molecular weight excluding hydrogens is 182 g/mol. The van der Waals surface area contributed by atoms with Crippen LogP contribution >= 0.6 is 0 Å². The molecular formula is C14H21N. The molecule has 0 bridgehead atoms. The Labute approximate surface area is 92.9 Å². The summed E-state index contributed by atoms with van der Waals surface area (Å²) in [5.74, 6) is 0.806.